The molecule has 0 saturated heterocycles. The minimum atomic E-state index is -0.459. The Hall–Kier alpha value is -2.50. The Balaban J connectivity index is 2.25. The van der Waals surface area contributed by atoms with E-state index in [1.165, 1.54) is 18.2 Å². The van der Waals surface area contributed by atoms with E-state index in [2.05, 4.69) is 15.3 Å². The van der Waals surface area contributed by atoms with Gasteiger partial charge in [0.2, 0.25) is 0 Å². The molecule has 0 aliphatic carbocycles. The van der Waals surface area contributed by atoms with Crippen molar-refractivity contribution in [2.24, 2.45) is 0 Å². The Morgan fingerprint density at radius 2 is 1.95 bits per heavy atom. The van der Waals surface area contributed by atoms with E-state index in [0.717, 1.165) is 0 Å². The van der Waals surface area contributed by atoms with Crippen LogP contribution in [0.4, 0.5) is 10.1 Å². The molecule has 1 heterocycles. The summed E-state index contributed by atoms with van der Waals surface area (Å²) in [6, 6.07) is 5.76. The summed E-state index contributed by atoms with van der Waals surface area (Å²) >= 11 is 0. The van der Waals surface area contributed by atoms with Crippen molar-refractivity contribution < 1.29 is 13.9 Å². The second-order valence-electron chi connectivity index (χ2n) is 4.45. The predicted molar refractivity (Wildman–Crippen MR) is 77.0 cm³/mol. The van der Waals surface area contributed by atoms with Crippen LogP contribution in [0.3, 0.4) is 0 Å². The monoisotopic (exact) mass is 289 g/mol. The van der Waals surface area contributed by atoms with Crippen molar-refractivity contribution >= 4 is 11.6 Å². The van der Waals surface area contributed by atoms with Crippen molar-refractivity contribution in [3.05, 3.63) is 47.0 Å². The molecule has 110 valence electrons. The van der Waals surface area contributed by atoms with Crippen LogP contribution in [-0.2, 0) is 0 Å². The van der Waals surface area contributed by atoms with Crippen molar-refractivity contribution in [3.63, 3.8) is 0 Å². The highest BCUT2D eigenvalue weighted by molar-refractivity contribution is 6.04. The van der Waals surface area contributed by atoms with Crippen LogP contribution in [0, 0.1) is 19.7 Å². The number of nitrogens with one attached hydrogen (secondary N) is 1. The smallest absolute Gasteiger partial charge is 0.316 e. The van der Waals surface area contributed by atoms with Gasteiger partial charge in [-0.25, -0.2) is 4.39 Å². The van der Waals surface area contributed by atoms with E-state index in [9.17, 15) is 9.18 Å². The Bertz CT molecular complexity index is 651. The third-order valence-electron chi connectivity index (χ3n) is 2.85. The molecular weight excluding hydrogens is 273 g/mol. The van der Waals surface area contributed by atoms with E-state index >= 15 is 0 Å². The number of hydrogen-bond donors (Lipinski definition) is 1. The van der Waals surface area contributed by atoms with Crippen LogP contribution in [0.1, 0.15) is 28.7 Å². The molecule has 21 heavy (non-hydrogen) atoms. The average molecular weight is 289 g/mol. The van der Waals surface area contributed by atoms with Crippen LogP contribution >= 0.6 is 0 Å². The standard InChI is InChI=1S/C15H16FN3O2/c1-4-21-15-17-9(2)13(10(3)18-15)19-14(20)11-6-5-7-12(16)8-11/h5-8H,4H2,1-3H3,(H,19,20). The quantitative estimate of drug-likeness (QED) is 0.940. The van der Waals surface area contributed by atoms with E-state index in [4.69, 9.17) is 4.74 Å². The van der Waals surface area contributed by atoms with Gasteiger partial charge in [0.05, 0.1) is 23.7 Å². The fraction of sp³-hybridized carbons (Fsp3) is 0.267. The molecule has 0 aliphatic heterocycles. The third kappa shape index (κ3) is 3.53. The van der Waals surface area contributed by atoms with Gasteiger partial charge < -0.3 is 10.1 Å². The molecule has 1 aromatic heterocycles. The van der Waals surface area contributed by atoms with Crippen molar-refractivity contribution in [2.75, 3.05) is 11.9 Å². The molecule has 6 heteroatoms. The largest absolute Gasteiger partial charge is 0.464 e. The summed E-state index contributed by atoms with van der Waals surface area (Å²) in [7, 11) is 0. The van der Waals surface area contributed by atoms with Gasteiger partial charge >= 0.3 is 6.01 Å². The number of hydrogen-bond acceptors (Lipinski definition) is 4. The number of aromatic nitrogens is 2. The van der Waals surface area contributed by atoms with Gasteiger partial charge in [0.1, 0.15) is 5.82 Å². The summed E-state index contributed by atoms with van der Waals surface area (Å²) in [6.45, 7) is 5.80. The van der Waals surface area contributed by atoms with Gasteiger partial charge in [-0.15, -0.1) is 0 Å². The molecule has 1 N–H and O–H groups in total. The van der Waals surface area contributed by atoms with Crippen molar-refractivity contribution in [3.8, 4) is 6.01 Å². The lowest BCUT2D eigenvalue weighted by Gasteiger charge is -2.12. The number of nitrogens with zero attached hydrogens (tertiary/aromatic N) is 2. The summed E-state index contributed by atoms with van der Waals surface area (Å²) in [5.74, 6) is -0.868. The number of benzene rings is 1. The molecule has 5 nitrogen and oxygen atoms in total. The molecule has 2 aromatic rings. The highest BCUT2D eigenvalue weighted by atomic mass is 19.1. The van der Waals surface area contributed by atoms with E-state index in [-0.39, 0.29) is 11.6 Å². The Morgan fingerprint density at radius 3 is 2.52 bits per heavy atom. The van der Waals surface area contributed by atoms with Gasteiger partial charge in [-0.2, -0.15) is 9.97 Å². The maximum absolute atomic E-state index is 13.1. The number of halogens is 1. The third-order valence-corrected chi connectivity index (χ3v) is 2.85. The zero-order valence-electron chi connectivity index (χ0n) is 12.1. The molecule has 0 unspecified atom stereocenters. The van der Waals surface area contributed by atoms with Crippen LogP contribution in [0.2, 0.25) is 0 Å². The fourth-order valence-corrected chi connectivity index (χ4v) is 1.88. The summed E-state index contributed by atoms with van der Waals surface area (Å²) in [5, 5.41) is 2.71. The zero-order chi connectivity index (χ0) is 15.4. The summed E-state index contributed by atoms with van der Waals surface area (Å²) in [5.41, 5.74) is 1.93. The van der Waals surface area contributed by atoms with Crippen LogP contribution in [0.25, 0.3) is 0 Å². The van der Waals surface area contributed by atoms with E-state index in [1.807, 2.05) is 6.92 Å². The molecule has 0 radical (unpaired) electrons. The molecule has 0 spiro atoms. The second kappa shape index (κ2) is 6.30. The molecule has 0 saturated carbocycles. The molecule has 0 atom stereocenters. The molecule has 0 bridgehead atoms. The number of carbonyl (C=O) groups excluding carboxylic acids is 1. The van der Waals surface area contributed by atoms with Crippen LogP contribution < -0.4 is 10.1 Å². The minimum Gasteiger partial charge on any atom is -0.464 e. The highest BCUT2D eigenvalue weighted by Gasteiger charge is 2.13. The Kier molecular flexibility index (Phi) is 4.47. The van der Waals surface area contributed by atoms with Crippen LogP contribution in [-0.4, -0.2) is 22.5 Å². The molecule has 1 amide bonds. The lowest BCUT2D eigenvalue weighted by Crippen LogP contribution is -2.15. The molecule has 1 aromatic carbocycles. The lowest BCUT2D eigenvalue weighted by atomic mass is 10.2. The van der Waals surface area contributed by atoms with Crippen LogP contribution in [0.5, 0.6) is 6.01 Å². The highest BCUT2D eigenvalue weighted by Crippen LogP contribution is 2.20. The zero-order valence-corrected chi connectivity index (χ0v) is 12.1. The molecular formula is C15H16FN3O2. The SMILES string of the molecule is CCOc1nc(C)c(NC(=O)c2cccc(F)c2)c(C)n1. The first-order valence-corrected chi connectivity index (χ1v) is 6.56. The van der Waals surface area contributed by atoms with Gasteiger partial charge in [0, 0.05) is 5.56 Å². The normalized spacial score (nSPS) is 10.3. The predicted octanol–water partition coefficient (Wildman–Crippen LogP) is 2.88. The van der Waals surface area contributed by atoms with Crippen molar-refractivity contribution in [2.45, 2.75) is 20.8 Å². The van der Waals surface area contributed by atoms with Gasteiger partial charge in [0.25, 0.3) is 5.91 Å². The Morgan fingerprint density at radius 1 is 1.29 bits per heavy atom. The fourth-order valence-electron chi connectivity index (χ4n) is 1.88. The average Bonchev–Trinajstić information content (AvgIpc) is 2.43. The van der Waals surface area contributed by atoms with Crippen molar-refractivity contribution in [1.29, 1.82) is 0 Å². The number of aryl methyl sites for hydroxylation is 2. The summed E-state index contributed by atoms with van der Waals surface area (Å²) in [4.78, 5) is 20.4. The number of amides is 1. The van der Waals surface area contributed by atoms with Crippen LogP contribution in [0.15, 0.2) is 24.3 Å². The Labute approximate surface area is 122 Å². The molecule has 0 aliphatic rings. The topological polar surface area (TPSA) is 64.1 Å². The molecule has 2 rings (SSSR count). The van der Waals surface area contributed by atoms with Crippen molar-refractivity contribution in [1.82, 2.24) is 9.97 Å². The second-order valence-corrected chi connectivity index (χ2v) is 4.45. The van der Waals surface area contributed by atoms with Gasteiger partial charge in [-0.3, -0.25) is 4.79 Å². The lowest BCUT2D eigenvalue weighted by molar-refractivity contribution is 0.102. The van der Waals surface area contributed by atoms with E-state index in [1.54, 1.807) is 19.9 Å². The number of carbonyl (C=O) groups is 1. The van der Waals surface area contributed by atoms with E-state index < -0.39 is 11.7 Å². The maximum Gasteiger partial charge on any atom is 0.316 e. The number of rotatable bonds is 4. The maximum atomic E-state index is 13.1. The first kappa shape index (κ1) is 14.9. The first-order valence-electron chi connectivity index (χ1n) is 6.56. The summed E-state index contributed by atoms with van der Waals surface area (Å²) < 4.78 is 18.4. The summed E-state index contributed by atoms with van der Waals surface area (Å²) in [6.07, 6.45) is 0. The van der Waals surface area contributed by atoms with E-state index in [0.29, 0.717) is 23.7 Å². The minimum absolute atomic E-state index is 0.239. The van der Waals surface area contributed by atoms with Gasteiger partial charge in [-0.1, -0.05) is 6.07 Å². The van der Waals surface area contributed by atoms with Gasteiger partial charge in [-0.05, 0) is 39.0 Å². The number of ether oxygens (including phenoxy) is 1. The molecule has 0 fully saturated rings. The number of anilines is 1. The van der Waals surface area contributed by atoms with Gasteiger partial charge in [0.15, 0.2) is 0 Å². The first-order chi connectivity index (χ1) is 10.0.